The number of piperidine rings is 2. The maximum atomic E-state index is 12.4. The van der Waals surface area contributed by atoms with Crippen molar-refractivity contribution in [1.82, 2.24) is 10.2 Å². The fourth-order valence-electron chi connectivity index (χ4n) is 2.90. The number of likely N-dealkylation sites (tertiary alicyclic amines) is 1. The normalized spacial score (nSPS) is 28.1. The summed E-state index contributed by atoms with van der Waals surface area (Å²) in [5.74, 6) is 0.540. The molecular weight excluding hydrogens is 244 g/mol. The van der Waals surface area contributed by atoms with Crippen LogP contribution in [0.3, 0.4) is 0 Å². The average Bonchev–Trinajstić information content (AvgIpc) is 2.44. The lowest BCUT2D eigenvalue weighted by atomic mass is 9.96. The van der Waals surface area contributed by atoms with E-state index < -0.39 is 0 Å². The van der Waals surface area contributed by atoms with E-state index in [9.17, 15) is 9.59 Å². The Hall–Kier alpha value is -1.10. The summed E-state index contributed by atoms with van der Waals surface area (Å²) >= 11 is 0. The molecule has 0 radical (unpaired) electrons. The summed E-state index contributed by atoms with van der Waals surface area (Å²) in [6, 6.07) is -0.299. The van der Waals surface area contributed by atoms with Gasteiger partial charge in [-0.3, -0.25) is 9.59 Å². The summed E-state index contributed by atoms with van der Waals surface area (Å²) in [7, 11) is 0. The summed E-state index contributed by atoms with van der Waals surface area (Å²) in [6.07, 6.45) is 4.30. The minimum absolute atomic E-state index is 0.00692. The van der Waals surface area contributed by atoms with Crippen LogP contribution in [0.25, 0.3) is 0 Å². The lowest BCUT2D eigenvalue weighted by molar-refractivity contribution is -0.139. The Balaban J connectivity index is 1.85. The monoisotopic (exact) mass is 268 g/mol. The molecule has 1 N–H and O–H groups in total. The Morgan fingerprint density at radius 3 is 3.00 bits per heavy atom. The van der Waals surface area contributed by atoms with Gasteiger partial charge < -0.3 is 15.0 Å². The molecule has 2 atom stereocenters. The van der Waals surface area contributed by atoms with Crippen LogP contribution in [0, 0.1) is 5.92 Å². The van der Waals surface area contributed by atoms with Crippen molar-refractivity contribution in [2.75, 3.05) is 26.3 Å². The highest BCUT2D eigenvalue weighted by Crippen LogP contribution is 2.19. The molecule has 19 heavy (non-hydrogen) atoms. The standard InChI is InChI=1S/C14H24N2O3/c1-2-19-10-11-5-4-8-16(9-11)14(18)12-6-3-7-13(17)15-12/h11-12H,2-10H2,1H3,(H,15,17)/t11?,12-/m1/s1. The van der Waals surface area contributed by atoms with Crippen LogP contribution >= 0.6 is 0 Å². The van der Waals surface area contributed by atoms with E-state index in [-0.39, 0.29) is 17.9 Å². The molecule has 5 heteroatoms. The number of nitrogens with zero attached hydrogens (tertiary/aromatic N) is 1. The summed E-state index contributed by atoms with van der Waals surface area (Å²) in [4.78, 5) is 25.7. The number of ether oxygens (including phenoxy) is 1. The van der Waals surface area contributed by atoms with Crippen LogP contribution in [0.4, 0.5) is 0 Å². The van der Waals surface area contributed by atoms with Crippen LogP contribution in [0.1, 0.15) is 39.0 Å². The van der Waals surface area contributed by atoms with Gasteiger partial charge in [-0.1, -0.05) is 0 Å². The second kappa shape index (κ2) is 6.89. The minimum atomic E-state index is -0.299. The lowest BCUT2D eigenvalue weighted by Crippen LogP contribution is -2.53. The van der Waals surface area contributed by atoms with E-state index in [1.165, 1.54) is 0 Å². The summed E-state index contributed by atoms with van der Waals surface area (Å²) in [5.41, 5.74) is 0. The first-order valence-electron chi connectivity index (χ1n) is 7.36. The minimum Gasteiger partial charge on any atom is -0.381 e. The zero-order valence-electron chi connectivity index (χ0n) is 11.7. The summed E-state index contributed by atoms with van der Waals surface area (Å²) in [6.45, 7) is 5.03. The van der Waals surface area contributed by atoms with Crippen molar-refractivity contribution < 1.29 is 14.3 Å². The van der Waals surface area contributed by atoms with Gasteiger partial charge in [-0.05, 0) is 38.5 Å². The largest absolute Gasteiger partial charge is 0.381 e. The number of carbonyl (C=O) groups is 2. The third kappa shape index (κ3) is 3.93. The van der Waals surface area contributed by atoms with Gasteiger partial charge in [-0.15, -0.1) is 0 Å². The van der Waals surface area contributed by atoms with Gasteiger partial charge in [0.05, 0.1) is 6.61 Å². The second-order valence-corrected chi connectivity index (χ2v) is 5.46. The Bertz CT molecular complexity index is 333. The number of hydrogen-bond acceptors (Lipinski definition) is 3. The molecule has 2 heterocycles. The van der Waals surface area contributed by atoms with Gasteiger partial charge in [-0.25, -0.2) is 0 Å². The number of hydrogen-bond donors (Lipinski definition) is 1. The van der Waals surface area contributed by atoms with Crippen molar-refractivity contribution in [2.45, 2.75) is 45.1 Å². The fourth-order valence-corrected chi connectivity index (χ4v) is 2.90. The molecule has 5 nitrogen and oxygen atoms in total. The van der Waals surface area contributed by atoms with Gasteiger partial charge in [0, 0.05) is 26.1 Å². The molecule has 2 fully saturated rings. The molecule has 2 saturated heterocycles. The lowest BCUT2D eigenvalue weighted by Gasteiger charge is -2.35. The Labute approximate surface area is 114 Å². The smallest absolute Gasteiger partial charge is 0.245 e. The van der Waals surface area contributed by atoms with Gasteiger partial charge >= 0.3 is 0 Å². The maximum Gasteiger partial charge on any atom is 0.245 e. The predicted molar refractivity (Wildman–Crippen MR) is 71.6 cm³/mol. The van der Waals surface area contributed by atoms with E-state index in [0.717, 1.165) is 52.0 Å². The summed E-state index contributed by atoms with van der Waals surface area (Å²) in [5, 5.41) is 2.81. The number of amides is 2. The van der Waals surface area contributed by atoms with Crippen LogP contribution in [-0.4, -0.2) is 49.1 Å². The first kappa shape index (κ1) is 14.3. The van der Waals surface area contributed by atoms with Gasteiger partial charge in [0.1, 0.15) is 6.04 Å². The molecule has 0 aromatic heterocycles. The van der Waals surface area contributed by atoms with Gasteiger partial charge in [0.25, 0.3) is 0 Å². The molecule has 1 unspecified atom stereocenters. The third-order valence-electron chi connectivity index (χ3n) is 3.92. The Morgan fingerprint density at radius 2 is 2.26 bits per heavy atom. The number of carbonyl (C=O) groups excluding carboxylic acids is 2. The Kier molecular flexibility index (Phi) is 5.19. The first-order valence-corrected chi connectivity index (χ1v) is 7.36. The average molecular weight is 268 g/mol. The van der Waals surface area contributed by atoms with Crippen molar-refractivity contribution in [1.29, 1.82) is 0 Å². The quantitative estimate of drug-likeness (QED) is 0.825. The van der Waals surface area contributed by atoms with Crippen LogP contribution in [0.2, 0.25) is 0 Å². The van der Waals surface area contributed by atoms with Crippen LogP contribution in [-0.2, 0) is 14.3 Å². The molecule has 2 rings (SSSR count). The van der Waals surface area contributed by atoms with Crippen molar-refractivity contribution >= 4 is 11.8 Å². The molecule has 0 bridgehead atoms. The second-order valence-electron chi connectivity index (χ2n) is 5.46. The van der Waals surface area contributed by atoms with E-state index in [0.29, 0.717) is 12.3 Å². The van der Waals surface area contributed by atoms with Crippen LogP contribution < -0.4 is 5.32 Å². The predicted octanol–water partition coefficient (Wildman–Crippen LogP) is 0.930. The zero-order valence-corrected chi connectivity index (χ0v) is 11.7. The van der Waals surface area contributed by atoms with E-state index >= 15 is 0 Å². The van der Waals surface area contributed by atoms with Crippen LogP contribution in [0.15, 0.2) is 0 Å². The van der Waals surface area contributed by atoms with Gasteiger partial charge in [0.15, 0.2) is 0 Å². The highest BCUT2D eigenvalue weighted by molar-refractivity contribution is 5.88. The summed E-state index contributed by atoms with van der Waals surface area (Å²) < 4.78 is 5.46. The Morgan fingerprint density at radius 1 is 1.42 bits per heavy atom. The van der Waals surface area contributed by atoms with Crippen molar-refractivity contribution in [3.05, 3.63) is 0 Å². The highest BCUT2D eigenvalue weighted by atomic mass is 16.5. The van der Waals surface area contributed by atoms with E-state index in [2.05, 4.69) is 5.32 Å². The van der Waals surface area contributed by atoms with Crippen molar-refractivity contribution in [3.63, 3.8) is 0 Å². The van der Waals surface area contributed by atoms with E-state index in [1.54, 1.807) is 0 Å². The van der Waals surface area contributed by atoms with Crippen molar-refractivity contribution in [2.24, 2.45) is 5.92 Å². The topological polar surface area (TPSA) is 58.6 Å². The molecule has 2 aliphatic rings. The van der Waals surface area contributed by atoms with Gasteiger partial charge in [-0.2, -0.15) is 0 Å². The number of nitrogens with one attached hydrogen (secondary N) is 1. The van der Waals surface area contributed by atoms with Gasteiger partial charge in [0.2, 0.25) is 11.8 Å². The maximum absolute atomic E-state index is 12.4. The molecular formula is C14H24N2O3. The zero-order chi connectivity index (χ0) is 13.7. The molecule has 0 aromatic carbocycles. The molecule has 0 aromatic rings. The molecule has 0 spiro atoms. The molecule has 2 aliphatic heterocycles. The molecule has 2 amide bonds. The van der Waals surface area contributed by atoms with E-state index in [4.69, 9.17) is 4.74 Å². The highest BCUT2D eigenvalue weighted by Gasteiger charge is 2.31. The molecule has 0 aliphatic carbocycles. The molecule has 108 valence electrons. The van der Waals surface area contributed by atoms with Crippen molar-refractivity contribution in [3.8, 4) is 0 Å². The number of rotatable bonds is 4. The molecule has 0 saturated carbocycles. The third-order valence-corrected chi connectivity index (χ3v) is 3.92. The SMILES string of the molecule is CCOCC1CCCN(C(=O)[C@H]2CCCC(=O)N2)C1. The van der Waals surface area contributed by atoms with E-state index in [1.807, 2.05) is 11.8 Å². The first-order chi connectivity index (χ1) is 9.20. The fraction of sp³-hybridized carbons (Fsp3) is 0.857. The van der Waals surface area contributed by atoms with Crippen LogP contribution in [0.5, 0.6) is 0 Å².